The van der Waals surface area contributed by atoms with Crippen LogP contribution in [0.5, 0.6) is 5.75 Å². The second-order valence-corrected chi connectivity index (χ2v) is 7.39. The number of pyridine rings is 1. The molecule has 1 aliphatic heterocycles. The Labute approximate surface area is 197 Å². The zero-order valence-corrected chi connectivity index (χ0v) is 18.0. The average molecular weight is 485 g/mol. The maximum absolute atomic E-state index is 12.9. The Morgan fingerprint density at radius 2 is 1.71 bits per heavy atom. The lowest BCUT2D eigenvalue weighted by Gasteiger charge is -2.19. The summed E-state index contributed by atoms with van der Waals surface area (Å²) < 4.78 is 40.9. The molecule has 2 heterocycles. The van der Waals surface area contributed by atoms with Crippen molar-refractivity contribution in [1.82, 2.24) is 9.88 Å². The van der Waals surface area contributed by atoms with Crippen LogP contribution >= 0.6 is 0 Å². The highest BCUT2D eigenvalue weighted by atomic mass is 19.4. The third kappa shape index (κ3) is 5.85. The lowest BCUT2D eigenvalue weighted by molar-refractivity contribution is -0.274. The van der Waals surface area contributed by atoms with Crippen LogP contribution < -0.4 is 20.3 Å². The summed E-state index contributed by atoms with van der Waals surface area (Å²) >= 11 is 0. The largest absolute Gasteiger partial charge is 0.573 e. The van der Waals surface area contributed by atoms with Gasteiger partial charge in [-0.15, -0.1) is 13.2 Å². The number of aromatic nitrogens is 1. The Morgan fingerprint density at radius 1 is 1.00 bits per heavy atom. The van der Waals surface area contributed by atoms with E-state index >= 15 is 0 Å². The molecule has 0 aliphatic carbocycles. The lowest BCUT2D eigenvalue weighted by atomic mass is 10.2. The van der Waals surface area contributed by atoms with Gasteiger partial charge in [-0.25, -0.2) is 14.5 Å². The standard InChI is InChI=1S/C23H18F3N5O4/c24-23(25,26)35-18-8-6-17(7-9-18)31-20(32)14-30(22(31)34)13-15-10-11-27-12-19(15)29-21(33)28-16-4-2-1-3-5-16/h1-12H,13-14H2,(H2,28,29,33). The van der Waals surface area contributed by atoms with Gasteiger partial charge < -0.3 is 20.3 Å². The van der Waals surface area contributed by atoms with Gasteiger partial charge in [-0.3, -0.25) is 9.78 Å². The van der Waals surface area contributed by atoms with Gasteiger partial charge >= 0.3 is 18.4 Å². The maximum Gasteiger partial charge on any atom is 0.573 e. The second-order valence-electron chi connectivity index (χ2n) is 7.39. The van der Waals surface area contributed by atoms with Crippen LogP contribution in [0.15, 0.2) is 73.1 Å². The zero-order valence-electron chi connectivity index (χ0n) is 18.0. The molecule has 2 aromatic carbocycles. The number of para-hydroxylation sites is 1. The number of hydrogen-bond acceptors (Lipinski definition) is 5. The molecule has 1 fully saturated rings. The predicted molar refractivity (Wildman–Crippen MR) is 120 cm³/mol. The summed E-state index contributed by atoms with van der Waals surface area (Å²) in [6.45, 7) is -0.266. The van der Waals surface area contributed by atoms with Gasteiger partial charge in [0.15, 0.2) is 0 Å². The van der Waals surface area contributed by atoms with Gasteiger partial charge in [-0.2, -0.15) is 0 Å². The fourth-order valence-corrected chi connectivity index (χ4v) is 3.41. The van der Waals surface area contributed by atoms with Gasteiger partial charge in [0.05, 0.1) is 24.1 Å². The Morgan fingerprint density at radius 3 is 2.40 bits per heavy atom. The molecule has 0 unspecified atom stereocenters. The highest BCUT2D eigenvalue weighted by molar-refractivity contribution is 6.19. The number of alkyl halides is 3. The van der Waals surface area contributed by atoms with Crippen molar-refractivity contribution in [3.8, 4) is 5.75 Å². The molecule has 1 aliphatic rings. The van der Waals surface area contributed by atoms with Gasteiger partial charge in [0.25, 0.3) is 5.91 Å². The molecule has 35 heavy (non-hydrogen) atoms. The van der Waals surface area contributed by atoms with Crippen molar-refractivity contribution in [2.24, 2.45) is 0 Å². The zero-order chi connectivity index (χ0) is 25.0. The summed E-state index contributed by atoms with van der Waals surface area (Å²) in [5, 5.41) is 5.34. The summed E-state index contributed by atoms with van der Waals surface area (Å²) in [6.07, 6.45) is -1.96. The van der Waals surface area contributed by atoms with Crippen molar-refractivity contribution in [2.45, 2.75) is 12.9 Å². The van der Waals surface area contributed by atoms with E-state index in [1.807, 2.05) is 6.07 Å². The van der Waals surface area contributed by atoms with Crippen molar-refractivity contribution >= 4 is 35.0 Å². The predicted octanol–water partition coefficient (Wildman–Crippen LogP) is 4.59. The van der Waals surface area contributed by atoms with Crippen LogP contribution in [0.1, 0.15) is 5.56 Å². The van der Waals surface area contributed by atoms with E-state index in [1.165, 1.54) is 29.4 Å². The fraction of sp³-hybridized carbons (Fsp3) is 0.130. The molecule has 12 heteroatoms. The number of nitrogens with one attached hydrogen (secondary N) is 2. The quantitative estimate of drug-likeness (QED) is 0.497. The van der Waals surface area contributed by atoms with E-state index in [9.17, 15) is 27.6 Å². The number of carbonyl (C=O) groups excluding carboxylic acids is 3. The van der Waals surface area contributed by atoms with Crippen LogP contribution in [0.4, 0.5) is 39.8 Å². The number of carbonyl (C=O) groups is 3. The van der Waals surface area contributed by atoms with E-state index in [-0.39, 0.29) is 18.8 Å². The summed E-state index contributed by atoms with van der Waals surface area (Å²) in [6, 6.07) is 13.6. The molecule has 0 radical (unpaired) electrons. The Kier molecular flexibility index (Phi) is 6.53. The molecule has 5 amide bonds. The van der Waals surface area contributed by atoms with Crippen LogP contribution in [0.3, 0.4) is 0 Å². The third-order valence-corrected chi connectivity index (χ3v) is 4.92. The number of nitrogens with zero attached hydrogens (tertiary/aromatic N) is 3. The summed E-state index contributed by atoms with van der Waals surface area (Å²) in [7, 11) is 0. The number of rotatable bonds is 6. The first-order valence-corrected chi connectivity index (χ1v) is 10.2. The molecule has 180 valence electrons. The van der Waals surface area contributed by atoms with Gasteiger partial charge in [-0.1, -0.05) is 18.2 Å². The highest BCUT2D eigenvalue weighted by Crippen LogP contribution is 2.28. The smallest absolute Gasteiger partial charge is 0.406 e. The molecule has 0 saturated carbocycles. The van der Waals surface area contributed by atoms with Crippen molar-refractivity contribution in [3.63, 3.8) is 0 Å². The van der Waals surface area contributed by atoms with E-state index in [1.54, 1.807) is 30.3 Å². The molecule has 4 rings (SSSR count). The summed E-state index contributed by atoms with van der Waals surface area (Å²) in [4.78, 5) is 43.9. The third-order valence-electron chi connectivity index (χ3n) is 4.92. The first kappa shape index (κ1) is 23.5. The molecular weight excluding hydrogens is 467 g/mol. The molecule has 0 atom stereocenters. The monoisotopic (exact) mass is 485 g/mol. The molecule has 0 spiro atoms. The van der Waals surface area contributed by atoms with Crippen molar-refractivity contribution in [1.29, 1.82) is 0 Å². The first-order chi connectivity index (χ1) is 16.7. The number of ether oxygens (including phenoxy) is 1. The second kappa shape index (κ2) is 9.71. The Hall–Kier alpha value is -4.61. The Bertz CT molecular complexity index is 1240. The van der Waals surface area contributed by atoms with Crippen LogP contribution in [0.2, 0.25) is 0 Å². The molecule has 0 bridgehead atoms. The summed E-state index contributed by atoms with van der Waals surface area (Å²) in [5.41, 5.74) is 1.55. The number of halogens is 3. The minimum absolute atomic E-state index is 0.0141. The SMILES string of the molecule is O=C(Nc1ccccc1)Nc1cnccc1CN1CC(=O)N(c2ccc(OC(F)(F)F)cc2)C1=O. The number of benzene rings is 2. The minimum atomic E-state index is -4.86. The first-order valence-electron chi connectivity index (χ1n) is 10.2. The number of hydrogen-bond donors (Lipinski definition) is 2. The molecule has 1 saturated heterocycles. The van der Waals surface area contributed by atoms with E-state index in [0.717, 1.165) is 17.0 Å². The van der Waals surface area contributed by atoms with Crippen LogP contribution in [0.25, 0.3) is 0 Å². The molecular formula is C23H18F3N5O4. The van der Waals surface area contributed by atoms with Gasteiger partial charge in [0, 0.05) is 11.9 Å². The van der Waals surface area contributed by atoms with Crippen LogP contribution in [-0.4, -0.2) is 40.8 Å². The number of amides is 5. The van der Waals surface area contributed by atoms with Crippen molar-refractivity contribution in [3.05, 3.63) is 78.6 Å². The minimum Gasteiger partial charge on any atom is -0.406 e. The topological polar surface area (TPSA) is 104 Å². The van der Waals surface area contributed by atoms with E-state index in [2.05, 4.69) is 20.4 Å². The van der Waals surface area contributed by atoms with Crippen LogP contribution in [-0.2, 0) is 11.3 Å². The van der Waals surface area contributed by atoms with Crippen molar-refractivity contribution in [2.75, 3.05) is 22.1 Å². The van der Waals surface area contributed by atoms with Crippen molar-refractivity contribution < 1.29 is 32.3 Å². The normalized spacial score (nSPS) is 13.7. The number of urea groups is 2. The fourth-order valence-electron chi connectivity index (χ4n) is 3.41. The molecule has 2 N–H and O–H groups in total. The average Bonchev–Trinajstić information content (AvgIpc) is 3.08. The van der Waals surface area contributed by atoms with E-state index in [0.29, 0.717) is 16.9 Å². The number of anilines is 3. The summed E-state index contributed by atoms with van der Waals surface area (Å²) in [5.74, 6) is -1.02. The van der Waals surface area contributed by atoms with Crippen LogP contribution in [0, 0.1) is 0 Å². The van der Waals surface area contributed by atoms with Gasteiger partial charge in [0.2, 0.25) is 0 Å². The van der Waals surface area contributed by atoms with E-state index in [4.69, 9.17) is 0 Å². The molecule has 9 nitrogen and oxygen atoms in total. The molecule has 1 aromatic heterocycles. The molecule has 3 aromatic rings. The van der Waals surface area contributed by atoms with Gasteiger partial charge in [-0.05, 0) is 48.0 Å². The number of imide groups is 1. The Balaban J connectivity index is 1.44. The van der Waals surface area contributed by atoms with E-state index < -0.39 is 30.1 Å². The highest BCUT2D eigenvalue weighted by Gasteiger charge is 2.37. The van der Waals surface area contributed by atoms with Gasteiger partial charge in [0.1, 0.15) is 12.3 Å². The maximum atomic E-state index is 12.9. The lowest BCUT2D eigenvalue weighted by Crippen LogP contribution is -2.33.